The summed E-state index contributed by atoms with van der Waals surface area (Å²) in [5.74, 6) is 0.225. The van der Waals surface area contributed by atoms with Gasteiger partial charge in [-0.15, -0.1) is 0 Å². The first kappa shape index (κ1) is 15.9. The third-order valence-corrected chi connectivity index (χ3v) is 5.07. The lowest BCUT2D eigenvalue weighted by atomic mass is 10.00. The molecule has 1 aromatic heterocycles. The minimum Gasteiger partial charge on any atom is -0.474 e. The number of benzene rings is 1. The van der Waals surface area contributed by atoms with Crippen LogP contribution in [0.2, 0.25) is 5.02 Å². The van der Waals surface area contributed by atoms with Crippen LogP contribution in [0.15, 0.2) is 24.4 Å². The molecule has 0 bridgehead atoms. The Morgan fingerprint density at radius 1 is 1.25 bits per heavy atom. The number of pyridine rings is 1. The average Bonchev–Trinajstić information content (AvgIpc) is 3.06. The van der Waals surface area contributed by atoms with Gasteiger partial charge in [0, 0.05) is 30.2 Å². The molecule has 3 nitrogen and oxygen atoms in total. The zero-order valence-electron chi connectivity index (χ0n) is 13.4. The monoisotopic (exact) mass is 347 g/mol. The highest BCUT2D eigenvalue weighted by molar-refractivity contribution is 6.33. The minimum atomic E-state index is -0.222. The highest BCUT2D eigenvalue weighted by Crippen LogP contribution is 2.41. The molecule has 24 heavy (non-hydrogen) atoms. The van der Waals surface area contributed by atoms with E-state index in [1.165, 1.54) is 0 Å². The summed E-state index contributed by atoms with van der Waals surface area (Å²) in [5.41, 5.74) is 2.85. The maximum atomic E-state index is 15.1. The molecular weight excluding hydrogens is 329 g/mol. The fraction of sp³-hybridized carbons (Fsp3) is 0.421. The van der Waals surface area contributed by atoms with Crippen LogP contribution in [0.1, 0.15) is 30.4 Å². The molecule has 2 aromatic rings. The number of hydrogen-bond donors (Lipinski definition) is 0. The number of ether oxygens (including phenoxy) is 2. The van der Waals surface area contributed by atoms with Gasteiger partial charge >= 0.3 is 0 Å². The molecule has 1 aliphatic carbocycles. The molecule has 4 rings (SSSR count). The molecule has 0 atom stereocenters. The normalized spacial score (nSPS) is 17.8. The SMILES string of the molecule is Fc1c2c(cc(Cl)c1-c1cccnc1OC1CCOCC1)CCC2. The quantitative estimate of drug-likeness (QED) is 0.814. The summed E-state index contributed by atoms with van der Waals surface area (Å²) in [6, 6.07) is 5.51. The molecule has 0 saturated carbocycles. The van der Waals surface area contributed by atoms with Gasteiger partial charge in [0.25, 0.3) is 0 Å². The zero-order chi connectivity index (χ0) is 16.5. The first-order valence-electron chi connectivity index (χ1n) is 8.43. The standard InChI is InChI=1S/C19H19ClFNO2/c20-16-11-12-3-1-4-14(12)18(21)17(16)15-5-2-8-22-19(15)24-13-6-9-23-10-7-13/h2,5,8,11,13H,1,3-4,6-7,9-10H2. The van der Waals surface area contributed by atoms with Crippen molar-refractivity contribution in [3.8, 4) is 17.0 Å². The summed E-state index contributed by atoms with van der Waals surface area (Å²) in [5, 5.41) is 0.429. The van der Waals surface area contributed by atoms with Gasteiger partial charge in [0.2, 0.25) is 5.88 Å². The fourth-order valence-electron chi connectivity index (χ4n) is 3.53. The van der Waals surface area contributed by atoms with E-state index >= 15 is 4.39 Å². The first-order valence-corrected chi connectivity index (χ1v) is 8.81. The lowest BCUT2D eigenvalue weighted by Gasteiger charge is -2.24. The molecule has 2 aliphatic rings. The van der Waals surface area contributed by atoms with Crippen molar-refractivity contribution in [3.63, 3.8) is 0 Å². The Hall–Kier alpha value is -1.65. The van der Waals surface area contributed by atoms with Gasteiger partial charge in [-0.05, 0) is 48.6 Å². The number of aryl methyl sites for hydroxylation is 1. The van der Waals surface area contributed by atoms with Crippen LogP contribution in [0, 0.1) is 5.82 Å². The van der Waals surface area contributed by atoms with Crippen LogP contribution in [-0.2, 0) is 17.6 Å². The zero-order valence-corrected chi connectivity index (χ0v) is 14.1. The van der Waals surface area contributed by atoms with Crippen molar-refractivity contribution >= 4 is 11.6 Å². The molecule has 0 radical (unpaired) electrons. The molecule has 1 aliphatic heterocycles. The maximum Gasteiger partial charge on any atom is 0.221 e. The first-order chi connectivity index (χ1) is 11.7. The van der Waals surface area contributed by atoms with E-state index in [1.807, 2.05) is 12.1 Å². The highest BCUT2D eigenvalue weighted by Gasteiger charge is 2.25. The van der Waals surface area contributed by atoms with E-state index < -0.39 is 0 Å². The van der Waals surface area contributed by atoms with Crippen LogP contribution in [0.5, 0.6) is 5.88 Å². The predicted octanol–water partition coefficient (Wildman–Crippen LogP) is 4.59. The Morgan fingerprint density at radius 3 is 2.92 bits per heavy atom. The molecule has 0 unspecified atom stereocenters. The molecule has 0 amide bonds. The molecule has 0 spiro atoms. The van der Waals surface area contributed by atoms with Crippen molar-refractivity contribution in [1.82, 2.24) is 4.98 Å². The number of nitrogens with zero attached hydrogens (tertiary/aromatic N) is 1. The second kappa shape index (κ2) is 6.69. The molecule has 0 N–H and O–H groups in total. The second-order valence-corrected chi connectivity index (χ2v) is 6.73. The third kappa shape index (κ3) is 2.89. The van der Waals surface area contributed by atoms with Crippen molar-refractivity contribution in [2.45, 2.75) is 38.2 Å². The molecule has 1 fully saturated rings. The van der Waals surface area contributed by atoms with E-state index in [0.29, 0.717) is 35.2 Å². The molecule has 2 heterocycles. The molecule has 126 valence electrons. The minimum absolute atomic E-state index is 0.0451. The Bertz CT molecular complexity index is 759. The van der Waals surface area contributed by atoms with E-state index in [2.05, 4.69) is 4.98 Å². The Morgan fingerprint density at radius 2 is 2.08 bits per heavy atom. The average molecular weight is 348 g/mol. The summed E-state index contributed by atoms with van der Waals surface area (Å²) in [7, 11) is 0. The summed E-state index contributed by atoms with van der Waals surface area (Å²) in [6.07, 6.45) is 5.98. The van der Waals surface area contributed by atoms with Crippen molar-refractivity contribution in [1.29, 1.82) is 0 Å². The van der Waals surface area contributed by atoms with E-state index in [1.54, 1.807) is 12.3 Å². The lowest BCUT2D eigenvalue weighted by molar-refractivity contribution is 0.0240. The van der Waals surface area contributed by atoms with Gasteiger partial charge in [0.1, 0.15) is 11.9 Å². The van der Waals surface area contributed by atoms with Crippen LogP contribution in [0.3, 0.4) is 0 Å². The van der Waals surface area contributed by atoms with Gasteiger partial charge in [0.05, 0.1) is 18.2 Å². The van der Waals surface area contributed by atoms with E-state index in [4.69, 9.17) is 21.1 Å². The van der Waals surface area contributed by atoms with Crippen LogP contribution in [-0.4, -0.2) is 24.3 Å². The summed E-state index contributed by atoms with van der Waals surface area (Å²) >= 11 is 6.42. The predicted molar refractivity (Wildman–Crippen MR) is 91.1 cm³/mol. The van der Waals surface area contributed by atoms with Crippen LogP contribution in [0.4, 0.5) is 4.39 Å². The van der Waals surface area contributed by atoms with Crippen molar-refractivity contribution in [3.05, 3.63) is 46.4 Å². The lowest BCUT2D eigenvalue weighted by Crippen LogP contribution is -2.26. The van der Waals surface area contributed by atoms with Crippen LogP contribution >= 0.6 is 11.6 Å². The molecular formula is C19H19ClFNO2. The van der Waals surface area contributed by atoms with Crippen molar-refractivity contribution in [2.75, 3.05) is 13.2 Å². The summed E-state index contributed by atoms with van der Waals surface area (Å²) in [4.78, 5) is 4.34. The number of aromatic nitrogens is 1. The number of hydrogen-bond acceptors (Lipinski definition) is 3. The third-order valence-electron chi connectivity index (χ3n) is 4.77. The van der Waals surface area contributed by atoms with Crippen molar-refractivity contribution in [2.24, 2.45) is 0 Å². The Balaban J connectivity index is 1.75. The molecule has 5 heteroatoms. The van der Waals surface area contributed by atoms with Gasteiger partial charge in [-0.3, -0.25) is 0 Å². The smallest absolute Gasteiger partial charge is 0.221 e. The highest BCUT2D eigenvalue weighted by atomic mass is 35.5. The van der Waals surface area contributed by atoms with E-state index in [-0.39, 0.29) is 11.9 Å². The van der Waals surface area contributed by atoms with Gasteiger partial charge in [-0.25, -0.2) is 9.37 Å². The number of rotatable bonds is 3. The molecule has 1 aromatic carbocycles. The molecule has 1 saturated heterocycles. The van der Waals surface area contributed by atoms with Crippen LogP contribution in [0.25, 0.3) is 11.1 Å². The van der Waals surface area contributed by atoms with Gasteiger partial charge < -0.3 is 9.47 Å². The van der Waals surface area contributed by atoms with E-state index in [9.17, 15) is 0 Å². The topological polar surface area (TPSA) is 31.4 Å². The van der Waals surface area contributed by atoms with E-state index in [0.717, 1.165) is 43.2 Å². The fourth-order valence-corrected chi connectivity index (χ4v) is 3.85. The Kier molecular flexibility index (Phi) is 4.42. The van der Waals surface area contributed by atoms with Crippen molar-refractivity contribution < 1.29 is 13.9 Å². The number of fused-ring (bicyclic) bond motifs is 1. The number of halogens is 2. The van der Waals surface area contributed by atoms with Gasteiger partial charge in [-0.1, -0.05) is 11.6 Å². The second-order valence-electron chi connectivity index (χ2n) is 6.32. The van der Waals surface area contributed by atoms with Crippen LogP contribution < -0.4 is 4.74 Å². The van der Waals surface area contributed by atoms with Gasteiger partial charge in [0.15, 0.2) is 0 Å². The van der Waals surface area contributed by atoms with Gasteiger partial charge in [-0.2, -0.15) is 0 Å². The maximum absolute atomic E-state index is 15.1. The largest absolute Gasteiger partial charge is 0.474 e. The summed E-state index contributed by atoms with van der Waals surface area (Å²) < 4.78 is 26.5. The summed E-state index contributed by atoms with van der Waals surface area (Å²) in [6.45, 7) is 1.36. The Labute approximate surface area is 145 Å².